The van der Waals surface area contributed by atoms with Crippen molar-refractivity contribution < 1.29 is 19.6 Å². The average molecular weight is 328 g/mol. The SMILES string of the molecule is O=C(O)c1ccc(Oc2cc(Cl)ccc2[N+](=O)[O-])c(Cl)c1. The Morgan fingerprint density at radius 1 is 1.14 bits per heavy atom. The Hall–Kier alpha value is -2.31. The van der Waals surface area contributed by atoms with Gasteiger partial charge in [0.05, 0.1) is 15.5 Å². The summed E-state index contributed by atoms with van der Waals surface area (Å²) >= 11 is 11.7. The lowest BCUT2D eigenvalue weighted by atomic mass is 10.2. The largest absolute Gasteiger partial charge is 0.478 e. The molecule has 0 saturated heterocycles. The molecule has 0 aromatic heterocycles. The number of carboxylic acid groups (broad SMARTS) is 1. The first-order valence-corrected chi connectivity index (χ1v) is 6.28. The molecule has 6 nitrogen and oxygen atoms in total. The van der Waals surface area contributed by atoms with Gasteiger partial charge >= 0.3 is 11.7 Å². The summed E-state index contributed by atoms with van der Waals surface area (Å²) in [5.74, 6) is -1.14. The topological polar surface area (TPSA) is 89.7 Å². The minimum absolute atomic E-state index is 0.0178. The number of rotatable bonds is 4. The molecular formula is C13H7Cl2NO5. The number of halogens is 2. The molecule has 0 aliphatic rings. The van der Waals surface area contributed by atoms with Gasteiger partial charge in [-0.15, -0.1) is 0 Å². The zero-order chi connectivity index (χ0) is 15.6. The van der Waals surface area contributed by atoms with Crippen LogP contribution in [0.15, 0.2) is 36.4 Å². The molecule has 0 fully saturated rings. The summed E-state index contributed by atoms with van der Waals surface area (Å²) in [6.45, 7) is 0. The van der Waals surface area contributed by atoms with Gasteiger partial charge in [-0.25, -0.2) is 4.79 Å². The fraction of sp³-hybridized carbons (Fsp3) is 0. The number of carbonyl (C=O) groups is 1. The van der Waals surface area contributed by atoms with Crippen molar-refractivity contribution in [2.75, 3.05) is 0 Å². The van der Waals surface area contributed by atoms with Crippen molar-refractivity contribution in [2.45, 2.75) is 0 Å². The molecule has 108 valence electrons. The van der Waals surface area contributed by atoms with E-state index < -0.39 is 10.9 Å². The second-order valence-corrected chi connectivity index (χ2v) is 4.77. The molecule has 0 amide bonds. The van der Waals surface area contributed by atoms with Crippen LogP contribution in [0.3, 0.4) is 0 Å². The van der Waals surface area contributed by atoms with Crippen LogP contribution in [0.5, 0.6) is 11.5 Å². The van der Waals surface area contributed by atoms with Crippen LogP contribution in [0.2, 0.25) is 10.0 Å². The normalized spacial score (nSPS) is 10.2. The molecule has 21 heavy (non-hydrogen) atoms. The van der Waals surface area contributed by atoms with Gasteiger partial charge in [-0.1, -0.05) is 23.2 Å². The first-order valence-electron chi connectivity index (χ1n) is 5.53. The Morgan fingerprint density at radius 3 is 2.43 bits per heavy atom. The van der Waals surface area contributed by atoms with Crippen molar-refractivity contribution in [3.05, 3.63) is 62.1 Å². The van der Waals surface area contributed by atoms with Crippen LogP contribution >= 0.6 is 23.2 Å². The summed E-state index contributed by atoms with van der Waals surface area (Å²) in [7, 11) is 0. The Kier molecular flexibility index (Phi) is 4.30. The minimum atomic E-state index is -1.14. The molecule has 2 aromatic rings. The highest BCUT2D eigenvalue weighted by atomic mass is 35.5. The molecule has 0 heterocycles. The van der Waals surface area contributed by atoms with Gasteiger partial charge in [-0.2, -0.15) is 0 Å². The fourth-order valence-corrected chi connectivity index (χ4v) is 1.94. The van der Waals surface area contributed by atoms with Gasteiger partial charge in [0.25, 0.3) is 0 Å². The van der Waals surface area contributed by atoms with Gasteiger partial charge in [-0.3, -0.25) is 10.1 Å². The van der Waals surface area contributed by atoms with Crippen LogP contribution in [0.25, 0.3) is 0 Å². The Bertz CT molecular complexity index is 732. The third kappa shape index (κ3) is 3.42. The maximum Gasteiger partial charge on any atom is 0.335 e. The lowest BCUT2D eigenvalue weighted by Crippen LogP contribution is -1.97. The van der Waals surface area contributed by atoms with E-state index >= 15 is 0 Å². The number of nitrogens with zero attached hydrogens (tertiary/aromatic N) is 1. The van der Waals surface area contributed by atoms with Crippen LogP contribution in [0.1, 0.15) is 10.4 Å². The number of hydrogen-bond acceptors (Lipinski definition) is 4. The Labute approximate surface area is 128 Å². The molecule has 0 saturated carbocycles. The maximum atomic E-state index is 10.9. The third-order valence-corrected chi connectivity index (χ3v) is 3.05. The molecule has 0 radical (unpaired) electrons. The van der Waals surface area contributed by atoms with E-state index in [1.807, 2.05) is 0 Å². The van der Waals surface area contributed by atoms with Gasteiger partial charge in [0, 0.05) is 17.2 Å². The molecule has 0 spiro atoms. The first-order chi connectivity index (χ1) is 9.88. The monoisotopic (exact) mass is 327 g/mol. The summed E-state index contributed by atoms with van der Waals surface area (Å²) in [5, 5.41) is 20.0. The molecule has 2 rings (SSSR count). The predicted molar refractivity (Wildman–Crippen MR) is 76.6 cm³/mol. The van der Waals surface area contributed by atoms with Crippen LogP contribution in [-0.4, -0.2) is 16.0 Å². The lowest BCUT2D eigenvalue weighted by molar-refractivity contribution is -0.385. The minimum Gasteiger partial charge on any atom is -0.478 e. The van der Waals surface area contributed by atoms with Crippen LogP contribution in [0, 0.1) is 10.1 Å². The molecule has 0 bridgehead atoms. The van der Waals surface area contributed by atoms with Gasteiger partial charge in [0.1, 0.15) is 5.75 Å². The summed E-state index contributed by atoms with van der Waals surface area (Å²) < 4.78 is 5.37. The van der Waals surface area contributed by atoms with Crippen molar-refractivity contribution in [1.29, 1.82) is 0 Å². The predicted octanol–water partition coefficient (Wildman–Crippen LogP) is 4.39. The second kappa shape index (κ2) is 5.99. The molecule has 0 atom stereocenters. The summed E-state index contributed by atoms with van der Waals surface area (Å²) in [4.78, 5) is 21.1. The number of carboxylic acids is 1. The first kappa shape index (κ1) is 15.1. The number of nitro benzene ring substituents is 1. The van der Waals surface area contributed by atoms with Crippen molar-refractivity contribution in [3.8, 4) is 11.5 Å². The molecule has 2 aromatic carbocycles. The number of benzene rings is 2. The Balaban J connectivity index is 2.40. The van der Waals surface area contributed by atoms with Crippen molar-refractivity contribution in [2.24, 2.45) is 0 Å². The van der Waals surface area contributed by atoms with E-state index in [0.717, 1.165) is 0 Å². The molecule has 8 heteroatoms. The molecule has 0 unspecified atom stereocenters. The zero-order valence-corrected chi connectivity index (χ0v) is 11.8. The number of nitro groups is 1. The van der Waals surface area contributed by atoms with Gasteiger partial charge in [0.2, 0.25) is 5.75 Å². The molecule has 0 aliphatic carbocycles. The molecule has 0 aliphatic heterocycles. The number of ether oxygens (including phenoxy) is 1. The van der Waals surface area contributed by atoms with E-state index in [1.54, 1.807) is 0 Å². The molecular weight excluding hydrogens is 321 g/mol. The fourth-order valence-electron chi connectivity index (χ4n) is 1.56. The zero-order valence-electron chi connectivity index (χ0n) is 10.2. The van der Waals surface area contributed by atoms with Crippen molar-refractivity contribution >= 4 is 34.9 Å². The summed E-state index contributed by atoms with van der Waals surface area (Å²) in [6.07, 6.45) is 0. The highest BCUT2D eigenvalue weighted by Gasteiger charge is 2.18. The van der Waals surface area contributed by atoms with Crippen molar-refractivity contribution in [3.63, 3.8) is 0 Å². The second-order valence-electron chi connectivity index (χ2n) is 3.92. The van der Waals surface area contributed by atoms with Gasteiger partial charge < -0.3 is 9.84 Å². The summed E-state index contributed by atoms with van der Waals surface area (Å²) in [5.41, 5.74) is -0.300. The van der Waals surface area contributed by atoms with Crippen LogP contribution in [-0.2, 0) is 0 Å². The van der Waals surface area contributed by atoms with E-state index in [9.17, 15) is 14.9 Å². The highest BCUT2D eigenvalue weighted by Crippen LogP contribution is 2.36. The lowest BCUT2D eigenvalue weighted by Gasteiger charge is -2.09. The smallest absolute Gasteiger partial charge is 0.335 e. The van der Waals surface area contributed by atoms with E-state index in [0.29, 0.717) is 0 Å². The maximum absolute atomic E-state index is 10.9. The standard InChI is InChI=1S/C13H7Cl2NO5/c14-8-2-3-10(16(19)20)12(6-8)21-11-4-1-7(13(17)18)5-9(11)15/h1-6H,(H,17,18). The summed E-state index contributed by atoms with van der Waals surface area (Å²) in [6, 6.07) is 7.63. The highest BCUT2D eigenvalue weighted by molar-refractivity contribution is 6.32. The Morgan fingerprint density at radius 2 is 1.86 bits per heavy atom. The van der Waals surface area contributed by atoms with E-state index in [4.69, 9.17) is 33.0 Å². The average Bonchev–Trinajstić information content (AvgIpc) is 2.40. The van der Waals surface area contributed by atoms with E-state index in [1.165, 1.54) is 36.4 Å². The molecule has 1 N–H and O–H groups in total. The number of hydrogen-bond donors (Lipinski definition) is 1. The van der Waals surface area contributed by atoms with Crippen LogP contribution < -0.4 is 4.74 Å². The van der Waals surface area contributed by atoms with E-state index in [2.05, 4.69) is 0 Å². The van der Waals surface area contributed by atoms with E-state index in [-0.39, 0.29) is 32.8 Å². The van der Waals surface area contributed by atoms with Crippen LogP contribution in [0.4, 0.5) is 5.69 Å². The number of aromatic carboxylic acids is 1. The van der Waals surface area contributed by atoms with Crippen molar-refractivity contribution in [1.82, 2.24) is 0 Å². The third-order valence-electron chi connectivity index (χ3n) is 2.52. The van der Waals surface area contributed by atoms with Gasteiger partial charge in [0.15, 0.2) is 0 Å². The van der Waals surface area contributed by atoms with Gasteiger partial charge in [-0.05, 0) is 24.3 Å². The quantitative estimate of drug-likeness (QED) is 0.664.